The Balaban J connectivity index is 0.000000261. The van der Waals surface area contributed by atoms with E-state index in [4.69, 9.17) is 63.2 Å². The lowest BCUT2D eigenvalue weighted by Crippen LogP contribution is -2.58. The Morgan fingerprint density at radius 2 is 0.873 bits per heavy atom. The van der Waals surface area contributed by atoms with Gasteiger partial charge in [-0.2, -0.15) is 0 Å². The molecule has 4 saturated carbocycles. The van der Waals surface area contributed by atoms with Crippen molar-refractivity contribution >= 4 is 166 Å². The van der Waals surface area contributed by atoms with Crippen molar-refractivity contribution in [1.29, 1.82) is 0 Å². The van der Waals surface area contributed by atoms with Gasteiger partial charge in [-0.25, -0.2) is 76.3 Å². The molecule has 4 heterocycles. The predicted octanol–water partition coefficient (Wildman–Crippen LogP) is 15.2. The topological polar surface area (TPSA) is 471 Å². The number of sulfonamides is 2. The van der Waals surface area contributed by atoms with E-state index in [9.17, 15) is 95.1 Å². The number of likely N-dealkylation sites (tertiary alicyclic amines) is 1. The number of hydrogen-bond donors (Lipinski definition) is 12. The molecule has 5 amide bonds. The lowest BCUT2D eigenvalue weighted by molar-refractivity contribution is -0.152. The van der Waals surface area contributed by atoms with Crippen molar-refractivity contribution in [2.24, 2.45) is 33.5 Å². The summed E-state index contributed by atoms with van der Waals surface area (Å²) in [7, 11) is -4.60. The van der Waals surface area contributed by atoms with Gasteiger partial charge in [-0.1, -0.05) is 118 Å². The summed E-state index contributed by atoms with van der Waals surface area (Å²) < 4.78 is 181. The van der Waals surface area contributed by atoms with Gasteiger partial charge in [-0.3, -0.25) is 38.2 Å². The number of aliphatic carboxylic acids is 3. The molecule has 6 aliphatic rings. The number of nitrogens with zero attached hydrogens (tertiary/aromatic N) is 3. The summed E-state index contributed by atoms with van der Waals surface area (Å²) in [5, 5.41) is 45.7. The molecule has 3 unspecified atom stereocenters. The molecule has 2 aliphatic heterocycles. The predicted molar refractivity (Wildman–Crippen MR) is 523 cm³/mol. The van der Waals surface area contributed by atoms with Crippen molar-refractivity contribution in [3.05, 3.63) is 203 Å². The van der Waals surface area contributed by atoms with Crippen molar-refractivity contribution in [3.63, 3.8) is 0 Å². The number of nitrogens with two attached hydrogens (primary N) is 1. The first-order chi connectivity index (χ1) is 65.1. The lowest BCUT2D eigenvalue weighted by atomic mass is 9.85. The molecule has 6 aromatic carbocycles. The highest BCUT2D eigenvalue weighted by Gasteiger charge is 2.63. The van der Waals surface area contributed by atoms with Gasteiger partial charge in [0.1, 0.15) is 59.0 Å². The standard InChI is InChI=1S/C36H40ClF2N5O7S.C24H27ClN4O6S.2C12H15F2NO2.C6H5F2N.C6H10O3.2ClH/c1-6-19-16-36(19,34(47)43-52(48,49)23-9-10-23)42-31(45)28-15-22(51-32-25-13-20(37)7-11-24(25)29(50-5)17-40-32)18-44(28)33(46)30(35(2,3)4)41-21-8-12-26(38)27(39)14-21;1-3-13-10-24(13,23(31)29-36(32,33)16-5-6-16)28-21(30)19-9-15(11-26-19)35-22-18-8-14(25)4-7-17(18)20(34-2)12-27-22;2*1-12(2,3)10(11(16)17)15-7-4-5-8(13)9(14)6-7;7-5-2-1-4(9)3-6(5)8;1-6(2,3)4(7)5(8)9;;/h6-8,11-14,17,19,22-23,28,30,41H,1,9-10,15-16,18H2,2-5H3,(H,42,45)(H,43,47);3-4,7-8,12-13,15-16,19,26H,1,5-6,9-11H2,2H3,(H,28,30)(H,29,31);2*4-6,10,15H,1-3H3,(H,16,17);1-3H,9H2;1-3H3,(H,8,9);2*1H/t19-,22-,28+,30?,36-;13-,15-,19+,24-;;;;;;/m11....../s1. The van der Waals surface area contributed by atoms with E-state index in [2.05, 4.69) is 64.5 Å². The molecular formula is C96H114Cl4F8N12O20S2. The molecule has 6 fully saturated rings. The molecule has 0 spiro atoms. The normalized spacial score (nSPS) is 20.0. The monoisotopic (exact) mass is 2110 g/mol. The van der Waals surface area contributed by atoms with Crippen LogP contribution in [0.25, 0.3) is 21.5 Å². The molecule has 11 atom stereocenters. The Labute approximate surface area is 837 Å². The van der Waals surface area contributed by atoms with E-state index in [1.807, 2.05) is 6.07 Å². The first-order valence-electron chi connectivity index (χ1n) is 43.8. The minimum atomic E-state index is -3.93. The molecular weight excluding hydrogens is 2000 g/mol. The van der Waals surface area contributed by atoms with E-state index in [1.54, 1.807) is 133 Å². The van der Waals surface area contributed by atoms with Crippen LogP contribution in [0.15, 0.2) is 147 Å². The SMILES string of the molecule is C=C[C@@H]1C[C@]1(NC(=O)[C@@H]1C[C@@H](Oc2ncc(OC)c3ccc(Cl)cc23)CN1)C(=O)NS(=O)(=O)C1CC1.C=C[C@@H]1C[C@]1(NC(=O)[C@@H]1C[C@@H](Oc2ncc(OC)c3ccc(Cl)cc23)CN1C(=O)C(Nc1ccc(F)c(F)c1)C(C)(C)C)C(=O)NS(=O)(=O)C1CC1.CC(C)(C)C(=O)C(=O)O.CC(C)(C)C(Nc1ccc(F)c(F)c1)C(=O)O.CC(C)(C)C(Nc1ccc(F)c(F)c1)C(=O)O.Cl.Cl.Nc1ccc(F)c(F)c1. The number of pyridine rings is 2. The van der Waals surface area contributed by atoms with Crippen LogP contribution < -0.4 is 66.0 Å². The second-order valence-corrected chi connectivity index (χ2v) is 43.2. The number of carbonyl (C=O) groups is 9. The van der Waals surface area contributed by atoms with Crippen LogP contribution in [0.2, 0.25) is 10.0 Å². The average molecular weight is 2110 g/mol. The number of nitrogen functional groups attached to an aromatic ring is 1. The Kier molecular flexibility index (Phi) is 39.0. The van der Waals surface area contributed by atoms with Gasteiger partial charge in [-0.15, -0.1) is 38.0 Å². The summed E-state index contributed by atoms with van der Waals surface area (Å²) in [6.07, 6.45) is 7.57. The van der Waals surface area contributed by atoms with E-state index in [0.717, 1.165) is 53.9 Å². The summed E-state index contributed by atoms with van der Waals surface area (Å²) >= 11 is 12.5. The number of anilines is 4. The number of aromatic nitrogens is 2. The summed E-state index contributed by atoms with van der Waals surface area (Å²) in [4.78, 5) is 121. The van der Waals surface area contributed by atoms with Crippen LogP contribution in [0.4, 0.5) is 57.9 Å². The summed E-state index contributed by atoms with van der Waals surface area (Å²) in [6, 6.07) is 18.6. The minimum Gasteiger partial charge on any atom is -0.494 e. The zero-order valence-corrected chi connectivity index (χ0v) is 84.4. The maximum Gasteiger partial charge on any atom is 0.372 e. The van der Waals surface area contributed by atoms with Gasteiger partial charge >= 0.3 is 17.9 Å². The molecule has 2 saturated heterocycles. The first kappa shape index (κ1) is 117. The second kappa shape index (κ2) is 47.4. The van der Waals surface area contributed by atoms with Gasteiger partial charge in [-0.05, 0) is 146 Å². The van der Waals surface area contributed by atoms with E-state index in [-0.39, 0.29) is 84.9 Å². The molecule has 0 radical (unpaired) electrons. The zero-order chi connectivity index (χ0) is 104. The van der Waals surface area contributed by atoms with Crippen molar-refractivity contribution in [1.82, 2.24) is 40.3 Å². The number of amides is 5. The minimum absolute atomic E-state index is 0. The maximum absolute atomic E-state index is 14.5. The van der Waals surface area contributed by atoms with Crippen LogP contribution >= 0.6 is 48.0 Å². The van der Waals surface area contributed by atoms with Crippen molar-refractivity contribution in [2.45, 2.75) is 198 Å². The van der Waals surface area contributed by atoms with Crippen LogP contribution in [0.5, 0.6) is 23.3 Å². The lowest BCUT2D eigenvalue weighted by Gasteiger charge is -2.36. The fourth-order valence-electron chi connectivity index (χ4n) is 14.8. The number of ketones is 1. The van der Waals surface area contributed by atoms with E-state index in [1.165, 1.54) is 48.5 Å². The Hall–Kier alpha value is -12.1. The van der Waals surface area contributed by atoms with E-state index >= 15 is 0 Å². The number of methoxy groups -OCH3 is 2. The van der Waals surface area contributed by atoms with Crippen molar-refractivity contribution in [2.75, 3.05) is 49.0 Å². The second-order valence-electron chi connectivity index (χ2n) is 38.4. The molecule has 4 aliphatic carbocycles. The fraction of sp³-hybridized carbons (Fsp3) is 0.427. The first-order valence-corrected chi connectivity index (χ1v) is 47.7. The molecule has 13 N–H and O–H groups in total. The largest absolute Gasteiger partial charge is 0.494 e. The van der Waals surface area contributed by atoms with Gasteiger partial charge < -0.3 is 76.8 Å². The van der Waals surface area contributed by atoms with Crippen LogP contribution in [0, 0.1) is 80.0 Å². The third-order valence-corrected chi connectivity index (χ3v) is 27.3. The molecule has 8 aromatic rings. The number of rotatable bonds is 28. The fourth-order valence-corrected chi connectivity index (χ4v) is 17.8. The van der Waals surface area contributed by atoms with Crippen LogP contribution in [-0.2, 0) is 63.2 Å². The van der Waals surface area contributed by atoms with Gasteiger partial charge in [0.2, 0.25) is 55.3 Å². The Bertz CT molecular complexity index is 6210. The molecule has 2 aromatic heterocycles. The van der Waals surface area contributed by atoms with Crippen molar-refractivity contribution in [3.8, 4) is 23.3 Å². The number of halogens is 12. The maximum atomic E-state index is 14.5. The van der Waals surface area contributed by atoms with Gasteiger partial charge in [0.05, 0.1) is 49.7 Å². The van der Waals surface area contributed by atoms with Crippen LogP contribution in [-0.4, -0.2) is 192 Å². The van der Waals surface area contributed by atoms with Gasteiger partial charge in [0.15, 0.2) is 46.5 Å². The molecule has 14 rings (SSSR count). The third-order valence-electron chi connectivity index (χ3n) is 23.2. The average Bonchev–Trinajstić information content (AvgIpc) is 1.57. The molecule has 142 heavy (non-hydrogen) atoms. The number of hydrogen-bond acceptors (Lipinski definition) is 24. The van der Waals surface area contributed by atoms with E-state index in [0.29, 0.717) is 88.7 Å². The van der Waals surface area contributed by atoms with Gasteiger partial charge in [0, 0.05) is 109 Å². The third kappa shape index (κ3) is 30.3. The number of Topliss-reactive ketones (excluding diaryl/α,β-unsaturated/α-hetero) is 1. The highest BCUT2D eigenvalue weighted by molar-refractivity contribution is 7.91. The smallest absolute Gasteiger partial charge is 0.372 e. The summed E-state index contributed by atoms with van der Waals surface area (Å²) in [5.74, 6) is -14.6. The number of fused-ring (bicyclic) bond motifs is 2. The molecule has 32 nitrogen and oxygen atoms in total. The number of nitrogens with one attached hydrogen (secondary N) is 8. The number of carboxylic acid groups (broad SMARTS) is 3. The summed E-state index contributed by atoms with van der Waals surface area (Å²) in [6.45, 7) is 28.3. The Morgan fingerprint density at radius 3 is 1.19 bits per heavy atom. The van der Waals surface area contributed by atoms with Crippen molar-refractivity contribution < 1.29 is 129 Å². The number of carboxylic acids is 3. The number of carbonyl (C=O) groups excluding carboxylic acids is 6. The van der Waals surface area contributed by atoms with E-state index < -0.39 is 205 Å². The molecule has 0 bridgehead atoms. The van der Waals surface area contributed by atoms with Crippen LogP contribution in [0.3, 0.4) is 0 Å². The summed E-state index contributed by atoms with van der Waals surface area (Å²) in [5.41, 5.74) is 0.416. The zero-order valence-electron chi connectivity index (χ0n) is 79.7. The highest BCUT2D eigenvalue weighted by atomic mass is 35.5. The quantitative estimate of drug-likeness (QED) is 0.00938. The van der Waals surface area contributed by atoms with Gasteiger partial charge in [0.25, 0.3) is 11.8 Å². The molecule has 774 valence electrons. The molecule has 46 heteroatoms. The number of benzene rings is 6. The number of ether oxygens (including phenoxy) is 4. The Morgan fingerprint density at radius 1 is 0.507 bits per heavy atom. The van der Waals surface area contributed by atoms with Crippen LogP contribution in [0.1, 0.15) is 134 Å². The highest BCUT2D eigenvalue weighted by Crippen LogP contribution is 2.48.